The number of anilines is 1. The first kappa shape index (κ1) is 44.2. The van der Waals surface area contributed by atoms with Gasteiger partial charge in [0.25, 0.3) is 6.71 Å². The van der Waals surface area contributed by atoms with Crippen molar-refractivity contribution in [3.63, 3.8) is 0 Å². The molecule has 3 nitrogen and oxygen atoms in total. The van der Waals surface area contributed by atoms with Crippen molar-refractivity contribution in [3.8, 4) is 5.69 Å². The van der Waals surface area contributed by atoms with Crippen LogP contribution < -0.4 is 37.1 Å². The summed E-state index contributed by atoms with van der Waals surface area (Å²) in [5, 5.41) is 5.35. The summed E-state index contributed by atoms with van der Waals surface area (Å²) in [7, 11) is 0. The average molecular weight is 935 g/mol. The first-order valence-corrected chi connectivity index (χ1v) is 27.2. The summed E-state index contributed by atoms with van der Waals surface area (Å²) in [5.41, 5.74) is 21.9. The molecular weight excluding hydrogens is 868 g/mol. The topological polar surface area (TPSA) is 21.3 Å². The minimum absolute atomic E-state index is 0.0210. The van der Waals surface area contributed by atoms with Gasteiger partial charge in [0.05, 0.1) is 15.7 Å². The molecule has 7 aromatic rings. The van der Waals surface area contributed by atoms with E-state index in [2.05, 4.69) is 200 Å². The van der Waals surface area contributed by atoms with Crippen LogP contribution >= 0.6 is 11.3 Å². The van der Waals surface area contributed by atoms with Crippen LogP contribution in [-0.2, 0) is 10.8 Å². The van der Waals surface area contributed by atoms with Crippen molar-refractivity contribution in [1.82, 2.24) is 4.57 Å². The Morgan fingerprint density at radius 1 is 0.729 bits per heavy atom. The molecule has 0 spiro atoms. The van der Waals surface area contributed by atoms with Crippen LogP contribution in [0, 0.1) is 24.2 Å². The molecule has 13 rings (SSSR count). The van der Waals surface area contributed by atoms with Gasteiger partial charge in [-0.15, -0.1) is 11.3 Å². The lowest BCUT2D eigenvalue weighted by Gasteiger charge is -2.45. The normalized spacial score (nSPS) is 20.0. The van der Waals surface area contributed by atoms with E-state index in [-0.39, 0.29) is 23.0 Å². The molecule has 0 saturated heterocycles. The van der Waals surface area contributed by atoms with Gasteiger partial charge in [0.1, 0.15) is 10.8 Å². The summed E-state index contributed by atoms with van der Waals surface area (Å²) in [6.07, 6.45) is 27.4. The van der Waals surface area contributed by atoms with Gasteiger partial charge in [0.15, 0.2) is 0 Å². The van der Waals surface area contributed by atoms with Crippen molar-refractivity contribution in [2.45, 2.75) is 131 Å². The predicted octanol–water partition coefficient (Wildman–Crippen LogP) is 13.1. The number of furan rings is 1. The van der Waals surface area contributed by atoms with Gasteiger partial charge >= 0.3 is 0 Å². The molecule has 0 bridgehead atoms. The fourth-order valence-corrected chi connectivity index (χ4v) is 14.5. The van der Waals surface area contributed by atoms with Crippen LogP contribution in [0.25, 0.3) is 60.8 Å². The molecule has 5 heterocycles. The molecule has 352 valence electrons. The van der Waals surface area contributed by atoms with E-state index in [4.69, 9.17) is 4.42 Å². The average Bonchev–Trinajstić information content (AvgIpc) is 4.01. The number of allylic oxidation sites excluding steroid dienone is 7. The number of benzene rings is 4. The number of aromatic nitrogens is 1. The van der Waals surface area contributed by atoms with Crippen LogP contribution in [0.5, 0.6) is 0 Å². The van der Waals surface area contributed by atoms with Gasteiger partial charge in [-0.05, 0) is 167 Å². The Morgan fingerprint density at radius 2 is 1.49 bits per heavy atom. The maximum atomic E-state index is 6.78. The van der Waals surface area contributed by atoms with Gasteiger partial charge in [-0.2, -0.15) is 0 Å². The highest BCUT2D eigenvalue weighted by atomic mass is 32.1. The number of aryl methyl sites for hydroxylation is 1. The SMILES string of the molecule is Cc1cc2c3c(c1)-n1c4c(cc(C(C)(C)C)cc4c4sc5ccccc5c41)B3C1=CCC(CC(c3ccc(C(C)(C)C)cc3)C3C=CC(C(C)(C)C)=CC3)C=C1N2C1=c2c(oc3c2=CCCC=3)=CCC1. The Kier molecular flexibility index (Phi) is 9.85. The Morgan fingerprint density at radius 3 is 2.24 bits per heavy atom. The molecule has 3 unspecified atom stereocenters. The van der Waals surface area contributed by atoms with E-state index < -0.39 is 0 Å². The van der Waals surface area contributed by atoms with Gasteiger partial charge in [-0.1, -0.05) is 147 Å². The summed E-state index contributed by atoms with van der Waals surface area (Å²) in [6, 6.07) is 29.1. The maximum absolute atomic E-state index is 6.78. The number of hydrogen-bond donors (Lipinski definition) is 0. The first-order chi connectivity index (χ1) is 33.5. The molecule has 0 N–H and O–H groups in total. The summed E-state index contributed by atoms with van der Waals surface area (Å²) in [6.45, 7) is 23.7. The standard InChI is InChI=1S/C65H67BN2OS/c1-38-32-53-59-54(33-38)68-60-48(62-61(68)46-17-12-14-21-57(46)70-62)36-44(65(8,9)10)37-50(60)66(59)49-31-22-39(35-52(49)67(53)51-18-15-20-56-58(51)45-16-11-13-19-55(45)69-56)34-47(40-23-27-42(28-24-40)63(2,3)4)41-25-29-43(30-26-41)64(5,6)7/h12,14,16-17,19-21,23-25,27-33,35-37,39,41,47H,11,13,15,18,22,26,34H2,1-10H3. The Bertz CT molecular complexity index is 3780. The Hall–Kier alpha value is -5.78. The lowest BCUT2D eigenvalue weighted by atomic mass is 9.32. The highest BCUT2D eigenvalue weighted by Gasteiger charge is 2.46. The van der Waals surface area contributed by atoms with Crippen molar-refractivity contribution in [2.75, 3.05) is 4.90 Å². The molecule has 3 aromatic heterocycles. The first-order valence-electron chi connectivity index (χ1n) is 26.4. The lowest BCUT2D eigenvalue weighted by Crippen LogP contribution is -2.58. The quantitative estimate of drug-likeness (QED) is 0.160. The largest absolute Gasteiger partial charge is 0.457 e. The summed E-state index contributed by atoms with van der Waals surface area (Å²) >= 11 is 1.97. The summed E-state index contributed by atoms with van der Waals surface area (Å²) < 4.78 is 12.2. The zero-order valence-electron chi connectivity index (χ0n) is 43.0. The number of fused-ring (bicyclic) bond motifs is 12. The molecule has 4 aliphatic carbocycles. The van der Waals surface area contributed by atoms with Gasteiger partial charge in [0.2, 0.25) is 0 Å². The molecule has 3 atom stereocenters. The molecule has 2 aliphatic heterocycles. The predicted molar refractivity (Wildman–Crippen MR) is 301 cm³/mol. The molecule has 0 radical (unpaired) electrons. The fraction of sp³-hybridized carbons (Fsp3) is 0.354. The van der Waals surface area contributed by atoms with E-state index in [0.717, 1.165) is 55.8 Å². The van der Waals surface area contributed by atoms with Gasteiger partial charge < -0.3 is 13.9 Å². The minimum Gasteiger partial charge on any atom is -0.457 e. The summed E-state index contributed by atoms with van der Waals surface area (Å²) in [4.78, 5) is 2.78. The molecule has 4 aromatic carbocycles. The monoisotopic (exact) mass is 935 g/mol. The second-order valence-corrected chi connectivity index (χ2v) is 25.7. The van der Waals surface area contributed by atoms with E-state index in [0.29, 0.717) is 17.8 Å². The van der Waals surface area contributed by atoms with Crippen LogP contribution in [0.15, 0.2) is 124 Å². The van der Waals surface area contributed by atoms with Crippen LogP contribution in [0.1, 0.15) is 135 Å². The highest BCUT2D eigenvalue weighted by molar-refractivity contribution is 7.26. The molecule has 0 amide bonds. The highest BCUT2D eigenvalue weighted by Crippen LogP contribution is 2.50. The van der Waals surface area contributed by atoms with Crippen molar-refractivity contribution in [2.24, 2.45) is 17.3 Å². The number of hydrogen-bond acceptors (Lipinski definition) is 3. The van der Waals surface area contributed by atoms with E-state index >= 15 is 0 Å². The molecule has 5 heteroatoms. The van der Waals surface area contributed by atoms with Crippen LogP contribution in [0.4, 0.5) is 5.69 Å². The lowest BCUT2D eigenvalue weighted by molar-refractivity contribution is 0.412. The zero-order chi connectivity index (χ0) is 48.2. The molecule has 0 fully saturated rings. The van der Waals surface area contributed by atoms with Gasteiger partial charge in [-0.3, -0.25) is 0 Å². The third kappa shape index (κ3) is 6.80. The van der Waals surface area contributed by atoms with Crippen molar-refractivity contribution in [1.29, 1.82) is 0 Å². The van der Waals surface area contributed by atoms with Crippen LogP contribution in [-0.4, -0.2) is 11.3 Å². The van der Waals surface area contributed by atoms with Crippen molar-refractivity contribution >= 4 is 89.8 Å². The van der Waals surface area contributed by atoms with E-state index in [1.807, 2.05) is 11.3 Å². The van der Waals surface area contributed by atoms with E-state index in [1.54, 1.807) is 0 Å². The van der Waals surface area contributed by atoms with Crippen molar-refractivity contribution < 1.29 is 4.42 Å². The van der Waals surface area contributed by atoms with E-state index in [1.165, 1.54) is 109 Å². The zero-order valence-corrected chi connectivity index (χ0v) is 43.8. The number of nitrogens with zero attached hydrogens (tertiary/aromatic N) is 2. The van der Waals surface area contributed by atoms with Crippen molar-refractivity contribution in [3.05, 3.63) is 163 Å². The molecule has 0 saturated carbocycles. The fourth-order valence-electron chi connectivity index (χ4n) is 13.3. The summed E-state index contributed by atoms with van der Waals surface area (Å²) in [5.74, 6) is 1.18. The third-order valence-corrected chi connectivity index (χ3v) is 18.1. The van der Waals surface area contributed by atoms with Crippen LogP contribution in [0.2, 0.25) is 0 Å². The third-order valence-electron chi connectivity index (χ3n) is 16.9. The van der Waals surface area contributed by atoms with Crippen LogP contribution in [0.3, 0.4) is 0 Å². The Balaban J connectivity index is 1.06. The Labute approximate surface area is 418 Å². The number of thiophene rings is 1. The minimum atomic E-state index is -0.0210. The maximum Gasteiger partial charge on any atom is 0.251 e. The molecule has 70 heavy (non-hydrogen) atoms. The smallest absolute Gasteiger partial charge is 0.251 e. The van der Waals surface area contributed by atoms with Gasteiger partial charge in [0, 0.05) is 48.7 Å². The molecule has 6 aliphatic rings. The van der Waals surface area contributed by atoms with E-state index in [9.17, 15) is 0 Å². The second kappa shape index (κ2) is 15.6. The number of rotatable bonds is 5. The molecular formula is C65H67BN2OS. The second-order valence-electron chi connectivity index (χ2n) is 24.7. The van der Waals surface area contributed by atoms with Gasteiger partial charge in [-0.25, -0.2) is 0 Å².